The summed E-state index contributed by atoms with van der Waals surface area (Å²) < 4.78 is 63.6. The van der Waals surface area contributed by atoms with Crippen molar-refractivity contribution >= 4 is 55.4 Å². The van der Waals surface area contributed by atoms with Gasteiger partial charge >= 0.3 is 11.9 Å². The smallest absolute Gasteiger partial charge is 0.340 e. The minimum atomic E-state index is -3.79. The molecule has 2 aliphatic rings. The zero-order valence-corrected chi connectivity index (χ0v) is 39.5. The van der Waals surface area contributed by atoms with E-state index in [9.17, 15) is 46.5 Å². The van der Waals surface area contributed by atoms with Crippen LogP contribution in [0.5, 0.6) is 0 Å². The Morgan fingerprint density at radius 3 is 1.51 bits per heavy atom. The summed E-state index contributed by atoms with van der Waals surface area (Å²) >= 11 is 0. The van der Waals surface area contributed by atoms with Crippen LogP contribution in [0.25, 0.3) is 0 Å². The fourth-order valence-electron chi connectivity index (χ4n) is 7.78. The topological polar surface area (TPSA) is 259 Å². The van der Waals surface area contributed by atoms with Crippen LogP contribution >= 0.6 is 0 Å². The van der Waals surface area contributed by atoms with Crippen LogP contribution in [0.1, 0.15) is 93.9 Å². The number of aromatic nitrogens is 2. The normalized spacial score (nSPS) is 15.6. The highest BCUT2D eigenvalue weighted by Crippen LogP contribution is 2.30. The van der Waals surface area contributed by atoms with E-state index >= 15 is 0 Å². The fraction of sp³-hybridized carbons (Fsp3) is 0.404. The summed E-state index contributed by atoms with van der Waals surface area (Å²) in [6, 6.07) is 25.0. The van der Waals surface area contributed by atoms with Crippen molar-refractivity contribution in [3.63, 3.8) is 0 Å². The van der Waals surface area contributed by atoms with Gasteiger partial charge in [-0.1, -0.05) is 60.7 Å². The molecule has 4 aromatic rings. The molecule has 2 N–H and O–H groups in total. The average Bonchev–Trinajstić information content (AvgIpc) is 3.95. The fourth-order valence-corrected chi connectivity index (χ4v) is 9.95. The predicted octanol–water partition coefficient (Wildman–Crippen LogP) is 4.64. The molecule has 20 heteroatoms. The summed E-state index contributed by atoms with van der Waals surface area (Å²) in [5.74, 6) is -1.86. The summed E-state index contributed by atoms with van der Waals surface area (Å²) in [6.45, 7) is 9.24. The van der Waals surface area contributed by atoms with Crippen molar-refractivity contribution in [3.05, 3.63) is 118 Å². The molecule has 2 unspecified atom stereocenters. The third-order valence-corrected chi connectivity index (χ3v) is 13.5. The Balaban J connectivity index is 0.000000251. The van der Waals surface area contributed by atoms with Gasteiger partial charge in [-0.3, -0.25) is 19.0 Å². The molecule has 0 aliphatic carbocycles. The van der Waals surface area contributed by atoms with E-state index in [1.54, 1.807) is 58.0 Å². The van der Waals surface area contributed by atoms with Crippen LogP contribution in [-0.2, 0) is 51.3 Å². The maximum absolute atomic E-state index is 12.4. The van der Waals surface area contributed by atoms with E-state index in [1.165, 1.54) is 12.1 Å². The number of nitriles is 2. The number of nitrogens with one attached hydrogen (secondary N) is 2. The van der Waals surface area contributed by atoms with Crippen molar-refractivity contribution < 1.29 is 45.5 Å². The van der Waals surface area contributed by atoms with Crippen molar-refractivity contribution in [3.8, 4) is 12.1 Å². The third-order valence-electron chi connectivity index (χ3n) is 11.0. The first-order valence-electron chi connectivity index (χ1n) is 21.8. The molecule has 2 aliphatic heterocycles. The second-order valence-corrected chi connectivity index (χ2v) is 19.7. The number of aryl methyl sites for hydroxylation is 3. The lowest BCUT2D eigenvalue weighted by molar-refractivity contribution is -0.121. The first kappa shape index (κ1) is 51.1. The van der Waals surface area contributed by atoms with E-state index in [-0.39, 0.29) is 71.7 Å². The van der Waals surface area contributed by atoms with Gasteiger partial charge in [-0.25, -0.2) is 36.4 Å². The van der Waals surface area contributed by atoms with Crippen LogP contribution in [0.15, 0.2) is 72.8 Å². The molecular formula is C47H54N8O10S2. The summed E-state index contributed by atoms with van der Waals surface area (Å²) in [5, 5.41) is 19.1. The Hall–Kier alpha value is -6.90. The van der Waals surface area contributed by atoms with Crippen LogP contribution in [-0.4, -0.2) is 95.7 Å². The molecule has 67 heavy (non-hydrogen) atoms. The zero-order chi connectivity index (χ0) is 48.7. The lowest BCUT2D eigenvalue weighted by Gasteiger charge is -2.20. The Morgan fingerprint density at radius 1 is 0.672 bits per heavy atom. The van der Waals surface area contributed by atoms with Crippen LogP contribution in [0.3, 0.4) is 0 Å². The average molecular weight is 955 g/mol. The lowest BCUT2D eigenvalue weighted by atomic mass is 10.1. The molecule has 6 rings (SSSR count). The molecule has 0 bridgehead atoms. The quantitative estimate of drug-likeness (QED) is 0.137. The zero-order valence-electron chi connectivity index (χ0n) is 37.9. The monoisotopic (exact) mass is 954 g/mol. The van der Waals surface area contributed by atoms with Crippen LogP contribution in [0.2, 0.25) is 0 Å². The van der Waals surface area contributed by atoms with Crippen molar-refractivity contribution in [2.45, 2.75) is 65.6 Å². The number of pyridine rings is 2. The highest BCUT2D eigenvalue weighted by Gasteiger charge is 2.31. The van der Waals surface area contributed by atoms with E-state index in [0.29, 0.717) is 74.0 Å². The first-order chi connectivity index (χ1) is 31.9. The van der Waals surface area contributed by atoms with Crippen LogP contribution in [0, 0.1) is 48.3 Å². The molecule has 0 radical (unpaired) electrons. The van der Waals surface area contributed by atoms with E-state index in [2.05, 4.69) is 31.6 Å². The number of ether oxygens (including phenoxy) is 2. The predicted molar refractivity (Wildman–Crippen MR) is 248 cm³/mol. The van der Waals surface area contributed by atoms with Crippen molar-refractivity contribution in [2.24, 2.45) is 11.8 Å². The molecule has 4 heterocycles. The standard InChI is InChI=1S/C24H28N4O5S.C23H26N4O5S/c1-3-33-24(30)21-14-20(15-25)23(26-17(21)2)28-11-9-19(16-28)13-22(29)27-34(31,32)12-10-18-7-5-4-6-8-18;1-3-32-23(29)20-12-19(13-24)22(25-16(20)2)27-10-9-18(14-27)11-21(28)26-33(30,31)15-17-7-5-4-6-8-17/h4-8,14,19H,3,9-13,16H2,1-2H3,(H,27,29);4-8,12,18H,3,9-11,14-15H2,1-2H3,(H,26,28). The molecule has 2 fully saturated rings. The summed E-state index contributed by atoms with van der Waals surface area (Å²) in [7, 11) is -7.52. The highest BCUT2D eigenvalue weighted by atomic mass is 32.2. The molecule has 354 valence electrons. The number of benzene rings is 2. The van der Waals surface area contributed by atoms with Crippen LogP contribution in [0.4, 0.5) is 11.6 Å². The van der Waals surface area contributed by atoms with Gasteiger partial charge in [0.15, 0.2) is 0 Å². The third kappa shape index (κ3) is 14.8. The molecule has 18 nitrogen and oxygen atoms in total. The number of hydrogen-bond acceptors (Lipinski definition) is 16. The van der Waals surface area contributed by atoms with Crippen molar-refractivity contribution in [1.29, 1.82) is 10.5 Å². The maximum Gasteiger partial charge on any atom is 0.340 e. The number of esters is 2. The highest BCUT2D eigenvalue weighted by molar-refractivity contribution is 7.90. The number of carbonyl (C=O) groups is 4. The maximum atomic E-state index is 12.4. The minimum absolute atomic E-state index is 0.0479. The molecular weight excluding hydrogens is 901 g/mol. The molecule has 0 spiro atoms. The number of carbonyl (C=O) groups excluding carboxylic acids is 4. The van der Waals surface area contributed by atoms with Crippen molar-refractivity contribution in [2.75, 3.05) is 54.9 Å². The molecule has 2 atom stereocenters. The van der Waals surface area contributed by atoms with Gasteiger partial charge in [0.25, 0.3) is 0 Å². The molecule has 2 aromatic heterocycles. The Bertz CT molecular complexity index is 2740. The minimum Gasteiger partial charge on any atom is -0.462 e. The van der Waals surface area contributed by atoms with Gasteiger partial charge in [0.1, 0.15) is 23.8 Å². The molecule has 2 saturated heterocycles. The van der Waals surface area contributed by atoms with E-state index in [0.717, 1.165) is 5.56 Å². The van der Waals surface area contributed by atoms with Gasteiger partial charge in [-0.05, 0) is 82.1 Å². The van der Waals surface area contributed by atoms with Gasteiger partial charge < -0.3 is 19.3 Å². The van der Waals surface area contributed by atoms with E-state index in [1.807, 2.05) is 40.1 Å². The number of amides is 2. The number of rotatable bonds is 17. The first-order valence-corrected chi connectivity index (χ1v) is 25.1. The molecule has 2 aromatic carbocycles. The van der Waals surface area contributed by atoms with E-state index < -0.39 is 43.8 Å². The number of anilines is 2. The molecule has 0 saturated carbocycles. The van der Waals surface area contributed by atoms with Gasteiger partial charge in [0.05, 0.1) is 58.4 Å². The number of hydrogen-bond donors (Lipinski definition) is 2. The summed E-state index contributed by atoms with van der Waals surface area (Å²) in [6.07, 6.45) is 1.74. The number of nitrogens with zero attached hydrogens (tertiary/aromatic N) is 6. The lowest BCUT2D eigenvalue weighted by Crippen LogP contribution is -2.34. The Labute approximate surface area is 391 Å². The van der Waals surface area contributed by atoms with Gasteiger partial charge in [-0.15, -0.1) is 0 Å². The van der Waals surface area contributed by atoms with Crippen molar-refractivity contribution in [1.82, 2.24) is 19.4 Å². The van der Waals surface area contributed by atoms with Gasteiger partial charge in [0, 0.05) is 39.0 Å². The van der Waals surface area contributed by atoms with Crippen LogP contribution < -0.4 is 19.2 Å². The Kier molecular flexibility index (Phi) is 17.9. The second kappa shape index (κ2) is 23.5. The van der Waals surface area contributed by atoms with Gasteiger partial charge in [-0.2, -0.15) is 10.5 Å². The SMILES string of the molecule is CCOC(=O)c1cc(C#N)c(N2CCC(CC(=O)NS(=O)(=O)CCc3ccccc3)C2)nc1C.CCOC(=O)c1cc(C#N)c(N2CCC(CC(=O)NS(=O)(=O)Cc3ccccc3)C2)nc1C. The van der Waals surface area contributed by atoms with Gasteiger partial charge in [0.2, 0.25) is 31.9 Å². The Morgan fingerprint density at radius 2 is 1.09 bits per heavy atom. The van der Waals surface area contributed by atoms with E-state index in [4.69, 9.17) is 9.47 Å². The number of sulfonamides is 2. The second-order valence-electron chi connectivity index (χ2n) is 16.1. The largest absolute Gasteiger partial charge is 0.462 e. The molecule has 2 amide bonds. The summed E-state index contributed by atoms with van der Waals surface area (Å²) in [4.78, 5) is 61.7. The summed E-state index contributed by atoms with van der Waals surface area (Å²) in [5.41, 5.74) is 3.39.